The van der Waals surface area contributed by atoms with Crippen molar-refractivity contribution in [3.05, 3.63) is 12.4 Å². The van der Waals surface area contributed by atoms with Gasteiger partial charge in [-0.05, 0) is 38.5 Å². The third-order valence-electron chi connectivity index (χ3n) is 4.15. The minimum absolute atomic E-state index is 0.440. The van der Waals surface area contributed by atoms with Crippen molar-refractivity contribution in [2.75, 3.05) is 5.32 Å². The number of hydrogen-bond acceptors (Lipinski definition) is 2. The van der Waals surface area contributed by atoms with E-state index in [1.165, 1.54) is 19.3 Å². The van der Waals surface area contributed by atoms with Crippen LogP contribution in [0.25, 0.3) is 0 Å². The van der Waals surface area contributed by atoms with Gasteiger partial charge in [0.15, 0.2) is 0 Å². The van der Waals surface area contributed by atoms with Gasteiger partial charge in [-0.1, -0.05) is 20.3 Å². The Kier molecular flexibility index (Phi) is 3.75. The number of rotatable bonds is 4. The predicted octanol–water partition coefficient (Wildman–Crippen LogP) is 3.70. The van der Waals surface area contributed by atoms with Crippen molar-refractivity contribution in [3.63, 3.8) is 0 Å². The van der Waals surface area contributed by atoms with Gasteiger partial charge in [-0.2, -0.15) is 0 Å². The first-order valence-corrected chi connectivity index (χ1v) is 6.92. The van der Waals surface area contributed by atoms with Gasteiger partial charge in [0.2, 0.25) is 5.95 Å². The third-order valence-corrected chi connectivity index (χ3v) is 4.15. The summed E-state index contributed by atoms with van der Waals surface area (Å²) in [4.78, 5) is 4.44. The van der Waals surface area contributed by atoms with Gasteiger partial charge in [0.05, 0.1) is 0 Å². The van der Waals surface area contributed by atoms with Crippen LogP contribution < -0.4 is 5.32 Å². The summed E-state index contributed by atoms with van der Waals surface area (Å²) in [6, 6.07) is 1.07. The molecule has 0 saturated heterocycles. The molecule has 1 saturated carbocycles. The lowest BCUT2D eigenvalue weighted by molar-refractivity contribution is 0.331. The van der Waals surface area contributed by atoms with E-state index in [1.54, 1.807) is 0 Å². The molecule has 1 aliphatic rings. The molecule has 1 aliphatic carbocycles. The van der Waals surface area contributed by atoms with E-state index in [-0.39, 0.29) is 0 Å². The summed E-state index contributed by atoms with van der Waals surface area (Å²) < 4.78 is 2.35. The maximum atomic E-state index is 4.44. The largest absolute Gasteiger partial charge is 0.353 e. The maximum absolute atomic E-state index is 4.44. The van der Waals surface area contributed by atoms with E-state index in [4.69, 9.17) is 0 Å². The zero-order valence-corrected chi connectivity index (χ0v) is 11.5. The number of nitrogens with zero attached hydrogens (tertiary/aromatic N) is 2. The zero-order valence-electron chi connectivity index (χ0n) is 11.5. The smallest absolute Gasteiger partial charge is 0.203 e. The highest BCUT2D eigenvalue weighted by molar-refractivity contribution is 5.28. The molecular formula is C14H25N3. The standard InChI is InChI=1S/C14H25N3/c1-5-12-6-7-13(11(12)4)17-9-8-15-14(17)16-10(2)3/h8-13H,5-7H2,1-4H3,(H,15,16). The van der Waals surface area contributed by atoms with E-state index in [1.807, 2.05) is 6.20 Å². The normalized spacial score (nSPS) is 28.9. The average Bonchev–Trinajstić information content (AvgIpc) is 2.84. The molecule has 3 heteroatoms. The van der Waals surface area contributed by atoms with E-state index in [9.17, 15) is 0 Å². The van der Waals surface area contributed by atoms with Crippen LogP contribution in [0.3, 0.4) is 0 Å². The molecule has 0 aromatic carbocycles. The van der Waals surface area contributed by atoms with Gasteiger partial charge in [-0.25, -0.2) is 4.98 Å². The van der Waals surface area contributed by atoms with Gasteiger partial charge >= 0.3 is 0 Å². The van der Waals surface area contributed by atoms with Gasteiger partial charge < -0.3 is 9.88 Å². The minimum atomic E-state index is 0.440. The van der Waals surface area contributed by atoms with Crippen molar-refractivity contribution in [3.8, 4) is 0 Å². The lowest BCUT2D eigenvalue weighted by Gasteiger charge is -2.23. The summed E-state index contributed by atoms with van der Waals surface area (Å²) >= 11 is 0. The zero-order chi connectivity index (χ0) is 12.4. The van der Waals surface area contributed by atoms with Crippen LogP contribution in [0.2, 0.25) is 0 Å². The molecule has 96 valence electrons. The molecular weight excluding hydrogens is 210 g/mol. The first-order chi connectivity index (χ1) is 8.13. The third kappa shape index (κ3) is 2.48. The van der Waals surface area contributed by atoms with Crippen molar-refractivity contribution in [2.45, 2.75) is 59.0 Å². The SMILES string of the molecule is CCC1CCC(n2ccnc2NC(C)C)C1C. The molecule has 0 spiro atoms. The van der Waals surface area contributed by atoms with E-state index in [2.05, 4.69) is 48.8 Å². The van der Waals surface area contributed by atoms with Crippen molar-refractivity contribution >= 4 is 5.95 Å². The fourth-order valence-corrected chi connectivity index (χ4v) is 3.14. The van der Waals surface area contributed by atoms with Crippen molar-refractivity contribution < 1.29 is 0 Å². The minimum Gasteiger partial charge on any atom is -0.353 e. The Labute approximate surface area is 105 Å². The highest BCUT2D eigenvalue weighted by Crippen LogP contribution is 2.42. The second kappa shape index (κ2) is 5.11. The molecule has 1 fully saturated rings. The van der Waals surface area contributed by atoms with Gasteiger partial charge in [-0.3, -0.25) is 0 Å². The molecule has 3 atom stereocenters. The lowest BCUT2D eigenvalue weighted by Crippen LogP contribution is -2.20. The summed E-state index contributed by atoms with van der Waals surface area (Å²) in [6.07, 6.45) is 8.00. The molecule has 0 aliphatic heterocycles. The monoisotopic (exact) mass is 235 g/mol. The second-order valence-electron chi connectivity index (χ2n) is 5.63. The van der Waals surface area contributed by atoms with E-state index in [0.29, 0.717) is 12.1 Å². The van der Waals surface area contributed by atoms with Crippen LogP contribution in [0.1, 0.15) is 53.0 Å². The fraction of sp³-hybridized carbons (Fsp3) is 0.786. The summed E-state index contributed by atoms with van der Waals surface area (Å²) in [5.41, 5.74) is 0. The van der Waals surface area contributed by atoms with Crippen molar-refractivity contribution in [1.29, 1.82) is 0 Å². The summed E-state index contributed by atoms with van der Waals surface area (Å²) in [5, 5.41) is 3.44. The molecule has 3 unspecified atom stereocenters. The van der Waals surface area contributed by atoms with Crippen LogP contribution in [-0.4, -0.2) is 15.6 Å². The first-order valence-electron chi connectivity index (χ1n) is 6.92. The summed E-state index contributed by atoms with van der Waals surface area (Å²) in [6.45, 7) is 9.02. The maximum Gasteiger partial charge on any atom is 0.203 e. The second-order valence-corrected chi connectivity index (χ2v) is 5.63. The fourth-order valence-electron chi connectivity index (χ4n) is 3.14. The van der Waals surface area contributed by atoms with E-state index < -0.39 is 0 Å². The number of nitrogens with one attached hydrogen (secondary N) is 1. The van der Waals surface area contributed by atoms with Crippen LogP contribution in [-0.2, 0) is 0 Å². The van der Waals surface area contributed by atoms with Gasteiger partial charge in [0, 0.05) is 24.5 Å². The first kappa shape index (κ1) is 12.5. The number of anilines is 1. The Morgan fingerprint density at radius 2 is 2.24 bits per heavy atom. The molecule has 0 amide bonds. The predicted molar refractivity (Wildman–Crippen MR) is 72.2 cm³/mol. The average molecular weight is 235 g/mol. The number of aromatic nitrogens is 2. The molecule has 0 radical (unpaired) electrons. The van der Waals surface area contributed by atoms with Gasteiger partial charge in [0.25, 0.3) is 0 Å². The number of hydrogen-bond donors (Lipinski definition) is 1. The van der Waals surface area contributed by atoms with Crippen LogP contribution in [0, 0.1) is 11.8 Å². The molecule has 0 bridgehead atoms. The summed E-state index contributed by atoms with van der Waals surface area (Å²) in [7, 11) is 0. The van der Waals surface area contributed by atoms with Crippen LogP contribution in [0.15, 0.2) is 12.4 Å². The highest BCUT2D eigenvalue weighted by Gasteiger charge is 2.33. The highest BCUT2D eigenvalue weighted by atomic mass is 15.2. The number of imidazole rings is 1. The van der Waals surface area contributed by atoms with Crippen molar-refractivity contribution in [1.82, 2.24) is 9.55 Å². The molecule has 3 nitrogen and oxygen atoms in total. The van der Waals surface area contributed by atoms with E-state index in [0.717, 1.165) is 17.8 Å². The quantitative estimate of drug-likeness (QED) is 0.862. The topological polar surface area (TPSA) is 29.9 Å². The summed E-state index contributed by atoms with van der Waals surface area (Å²) in [5.74, 6) is 2.69. The Hall–Kier alpha value is -0.990. The molecule has 1 aromatic rings. The van der Waals surface area contributed by atoms with Crippen LogP contribution in [0.5, 0.6) is 0 Å². The van der Waals surface area contributed by atoms with Gasteiger partial charge in [0.1, 0.15) is 0 Å². The molecule has 1 N–H and O–H groups in total. The molecule has 17 heavy (non-hydrogen) atoms. The van der Waals surface area contributed by atoms with E-state index >= 15 is 0 Å². The van der Waals surface area contributed by atoms with Crippen LogP contribution >= 0.6 is 0 Å². The Morgan fingerprint density at radius 1 is 1.47 bits per heavy atom. The molecule has 1 heterocycles. The van der Waals surface area contributed by atoms with Crippen LogP contribution in [0.4, 0.5) is 5.95 Å². The Morgan fingerprint density at radius 3 is 2.82 bits per heavy atom. The van der Waals surface area contributed by atoms with Gasteiger partial charge in [-0.15, -0.1) is 0 Å². The molecule has 2 rings (SSSR count). The molecule has 1 aromatic heterocycles. The van der Waals surface area contributed by atoms with Crippen molar-refractivity contribution in [2.24, 2.45) is 11.8 Å². The lowest BCUT2D eigenvalue weighted by atomic mass is 9.93. The Bertz CT molecular complexity index is 356. The Balaban J connectivity index is 2.15.